The van der Waals surface area contributed by atoms with Crippen LogP contribution in [-0.4, -0.2) is 16.7 Å². The van der Waals surface area contributed by atoms with Crippen molar-refractivity contribution in [2.45, 2.75) is 6.42 Å². The van der Waals surface area contributed by atoms with Crippen LogP contribution in [0.15, 0.2) is 24.6 Å². The second kappa shape index (κ2) is 2.52. The lowest BCUT2D eigenvalue weighted by atomic mass is 10.3. The van der Waals surface area contributed by atoms with Crippen LogP contribution in [0.4, 0.5) is 0 Å². The first-order valence-electron chi connectivity index (χ1n) is 2.63. The number of aliphatic hydroxyl groups excluding tert-OH is 1. The average Bonchev–Trinajstić information content (AvgIpc) is 1.90. The van der Waals surface area contributed by atoms with Crippen LogP contribution in [0.5, 0.6) is 0 Å². The lowest BCUT2D eigenvalue weighted by Crippen LogP contribution is -2.11. The Morgan fingerprint density at radius 3 is 2.38 bits per heavy atom. The van der Waals surface area contributed by atoms with Gasteiger partial charge in [-0.05, 0) is 6.42 Å². The minimum Gasteiger partial charge on any atom is -0.376 e. The van der Waals surface area contributed by atoms with Crippen LogP contribution in [0.2, 0.25) is 0 Å². The summed E-state index contributed by atoms with van der Waals surface area (Å²) >= 11 is 0. The fourth-order valence-electron chi connectivity index (χ4n) is 0.615. The first-order valence-corrected chi connectivity index (χ1v) is 2.63. The lowest BCUT2D eigenvalue weighted by molar-refractivity contribution is 0.189. The maximum atomic E-state index is 8.51. The Hall–Kier alpha value is -0.760. The van der Waals surface area contributed by atoms with Gasteiger partial charge in [0.1, 0.15) is 6.73 Å². The van der Waals surface area contributed by atoms with E-state index in [-0.39, 0.29) is 6.73 Å². The molecule has 1 heterocycles. The van der Waals surface area contributed by atoms with Gasteiger partial charge < -0.3 is 10.0 Å². The van der Waals surface area contributed by atoms with E-state index in [4.69, 9.17) is 5.11 Å². The van der Waals surface area contributed by atoms with E-state index in [2.05, 4.69) is 0 Å². The van der Waals surface area contributed by atoms with Crippen molar-refractivity contribution in [3.05, 3.63) is 24.6 Å². The molecule has 2 nitrogen and oxygen atoms in total. The van der Waals surface area contributed by atoms with Gasteiger partial charge in [0.2, 0.25) is 0 Å². The molecule has 2 heteroatoms. The van der Waals surface area contributed by atoms with Crippen LogP contribution < -0.4 is 0 Å². The molecule has 0 aromatic carbocycles. The summed E-state index contributed by atoms with van der Waals surface area (Å²) in [7, 11) is 0. The molecule has 8 heavy (non-hydrogen) atoms. The highest BCUT2D eigenvalue weighted by Crippen LogP contribution is 1.99. The maximum absolute atomic E-state index is 8.51. The van der Waals surface area contributed by atoms with Crippen molar-refractivity contribution < 1.29 is 5.11 Å². The van der Waals surface area contributed by atoms with Crippen LogP contribution in [0, 0.1) is 0 Å². The SMILES string of the molecule is OCN1C=CCC=C1. The zero-order valence-corrected chi connectivity index (χ0v) is 4.62. The Morgan fingerprint density at radius 1 is 1.38 bits per heavy atom. The molecule has 0 aromatic rings. The molecule has 44 valence electrons. The predicted octanol–water partition coefficient (Wildman–Crippen LogP) is 0.669. The molecule has 1 rings (SSSR count). The summed E-state index contributed by atoms with van der Waals surface area (Å²) in [5.74, 6) is 0. The molecular weight excluding hydrogens is 102 g/mol. The van der Waals surface area contributed by atoms with Crippen molar-refractivity contribution in [3.8, 4) is 0 Å². The number of hydrogen-bond acceptors (Lipinski definition) is 2. The second-order valence-electron chi connectivity index (χ2n) is 1.66. The van der Waals surface area contributed by atoms with Gasteiger partial charge in [0.15, 0.2) is 0 Å². The van der Waals surface area contributed by atoms with E-state index >= 15 is 0 Å². The topological polar surface area (TPSA) is 23.5 Å². The van der Waals surface area contributed by atoms with Gasteiger partial charge >= 0.3 is 0 Å². The number of rotatable bonds is 1. The molecule has 0 unspecified atom stereocenters. The van der Waals surface area contributed by atoms with E-state index in [0.717, 1.165) is 6.42 Å². The zero-order valence-electron chi connectivity index (χ0n) is 4.62. The van der Waals surface area contributed by atoms with E-state index in [9.17, 15) is 0 Å². The van der Waals surface area contributed by atoms with Crippen LogP contribution in [0.25, 0.3) is 0 Å². The van der Waals surface area contributed by atoms with E-state index in [0.29, 0.717) is 0 Å². The van der Waals surface area contributed by atoms with Crippen LogP contribution in [-0.2, 0) is 0 Å². The lowest BCUT2D eigenvalue weighted by Gasteiger charge is -2.12. The molecule has 0 amide bonds. The monoisotopic (exact) mass is 111 g/mol. The van der Waals surface area contributed by atoms with Gasteiger partial charge in [-0.25, -0.2) is 0 Å². The van der Waals surface area contributed by atoms with Crippen molar-refractivity contribution in [2.24, 2.45) is 0 Å². The highest BCUT2D eigenvalue weighted by Gasteiger charge is 1.90. The molecule has 0 aromatic heterocycles. The third-order valence-electron chi connectivity index (χ3n) is 1.03. The molecule has 0 saturated heterocycles. The van der Waals surface area contributed by atoms with Crippen LogP contribution in [0.3, 0.4) is 0 Å². The summed E-state index contributed by atoms with van der Waals surface area (Å²) < 4.78 is 0. The van der Waals surface area contributed by atoms with Gasteiger partial charge in [0, 0.05) is 12.4 Å². The summed E-state index contributed by atoms with van der Waals surface area (Å²) in [5, 5.41) is 8.51. The average molecular weight is 111 g/mol. The number of nitrogens with zero attached hydrogens (tertiary/aromatic N) is 1. The molecule has 0 saturated carbocycles. The Morgan fingerprint density at radius 2 is 2.00 bits per heavy atom. The summed E-state index contributed by atoms with van der Waals surface area (Å²) in [5.41, 5.74) is 0. The summed E-state index contributed by atoms with van der Waals surface area (Å²) in [6.07, 6.45) is 8.70. The third-order valence-corrected chi connectivity index (χ3v) is 1.03. The quantitative estimate of drug-likeness (QED) is 0.537. The fourth-order valence-corrected chi connectivity index (χ4v) is 0.615. The molecule has 1 aliphatic heterocycles. The van der Waals surface area contributed by atoms with Crippen LogP contribution in [0.1, 0.15) is 6.42 Å². The molecule has 0 fully saturated rings. The van der Waals surface area contributed by atoms with E-state index in [1.807, 2.05) is 24.6 Å². The van der Waals surface area contributed by atoms with E-state index < -0.39 is 0 Å². The first kappa shape index (κ1) is 5.38. The summed E-state index contributed by atoms with van der Waals surface area (Å²) in [6.45, 7) is 0.0764. The van der Waals surface area contributed by atoms with Gasteiger partial charge in [0.05, 0.1) is 0 Å². The molecule has 1 aliphatic rings. The minimum absolute atomic E-state index is 0.0764. The van der Waals surface area contributed by atoms with Crippen molar-refractivity contribution in [2.75, 3.05) is 6.73 Å². The Labute approximate surface area is 48.7 Å². The van der Waals surface area contributed by atoms with Gasteiger partial charge in [-0.2, -0.15) is 0 Å². The highest BCUT2D eigenvalue weighted by molar-refractivity contribution is 5.00. The molecule has 1 N–H and O–H groups in total. The molecule has 0 atom stereocenters. The minimum atomic E-state index is 0.0764. The predicted molar refractivity (Wildman–Crippen MR) is 31.8 cm³/mol. The number of aliphatic hydroxyl groups is 1. The Balaban J connectivity index is 2.42. The van der Waals surface area contributed by atoms with Gasteiger partial charge in [0.25, 0.3) is 0 Å². The van der Waals surface area contributed by atoms with Crippen LogP contribution >= 0.6 is 0 Å². The van der Waals surface area contributed by atoms with Crippen molar-refractivity contribution >= 4 is 0 Å². The highest BCUT2D eigenvalue weighted by atomic mass is 16.3. The van der Waals surface area contributed by atoms with Gasteiger partial charge in [-0.1, -0.05) is 12.2 Å². The Kier molecular flexibility index (Phi) is 1.70. The molecular formula is C6H9NO. The standard InChI is InChI=1S/C6H9NO/c8-6-7-4-2-1-3-5-7/h2-5,8H,1,6H2. The first-order chi connectivity index (χ1) is 3.93. The summed E-state index contributed by atoms with van der Waals surface area (Å²) in [6, 6.07) is 0. The van der Waals surface area contributed by atoms with Gasteiger partial charge in [-0.15, -0.1) is 0 Å². The third kappa shape index (κ3) is 1.10. The summed E-state index contributed by atoms with van der Waals surface area (Å²) in [4.78, 5) is 1.71. The van der Waals surface area contributed by atoms with E-state index in [1.165, 1.54) is 0 Å². The van der Waals surface area contributed by atoms with Crippen molar-refractivity contribution in [3.63, 3.8) is 0 Å². The fraction of sp³-hybridized carbons (Fsp3) is 0.333. The maximum Gasteiger partial charge on any atom is 0.119 e. The molecule has 0 spiro atoms. The zero-order chi connectivity index (χ0) is 5.82. The van der Waals surface area contributed by atoms with Crippen molar-refractivity contribution in [1.82, 2.24) is 4.90 Å². The molecule has 0 radical (unpaired) electrons. The molecule has 0 aliphatic carbocycles. The molecule has 0 bridgehead atoms. The smallest absolute Gasteiger partial charge is 0.119 e. The van der Waals surface area contributed by atoms with E-state index in [1.54, 1.807) is 4.90 Å². The second-order valence-corrected chi connectivity index (χ2v) is 1.66. The Bertz CT molecular complexity index is 106. The van der Waals surface area contributed by atoms with Gasteiger partial charge in [-0.3, -0.25) is 0 Å². The number of allylic oxidation sites excluding steroid dienone is 2. The van der Waals surface area contributed by atoms with Crippen molar-refractivity contribution in [1.29, 1.82) is 0 Å². The number of hydrogen-bond donors (Lipinski definition) is 1. The normalized spacial score (nSPS) is 17.4. The largest absolute Gasteiger partial charge is 0.376 e.